The molecule has 114 valence electrons. The molecule has 0 aliphatic carbocycles. The summed E-state index contributed by atoms with van der Waals surface area (Å²) >= 11 is 1.15. The topological polar surface area (TPSA) is 62.6 Å². The zero-order valence-electron chi connectivity index (χ0n) is 12.0. The molecule has 2 aromatic rings. The summed E-state index contributed by atoms with van der Waals surface area (Å²) in [5.41, 5.74) is 1.54. The van der Waals surface area contributed by atoms with Gasteiger partial charge in [0.15, 0.2) is 16.7 Å². The molecule has 0 unspecified atom stereocenters. The summed E-state index contributed by atoms with van der Waals surface area (Å²) in [7, 11) is 0. The van der Waals surface area contributed by atoms with Crippen molar-refractivity contribution < 1.29 is 14.3 Å². The van der Waals surface area contributed by atoms with Gasteiger partial charge >= 0.3 is 0 Å². The molecular formula is C17H12N2O3S. The number of rotatable bonds is 2. The second kappa shape index (κ2) is 5.48. The van der Waals surface area contributed by atoms with Gasteiger partial charge in [-0.25, -0.2) is 0 Å². The van der Waals surface area contributed by atoms with Crippen LogP contribution in [0.25, 0.3) is 6.08 Å². The van der Waals surface area contributed by atoms with Crippen LogP contribution in [0.2, 0.25) is 0 Å². The van der Waals surface area contributed by atoms with Gasteiger partial charge in [-0.15, -0.1) is 0 Å². The van der Waals surface area contributed by atoms with Gasteiger partial charge in [0.1, 0.15) is 0 Å². The molecule has 1 saturated heterocycles. The van der Waals surface area contributed by atoms with Crippen molar-refractivity contribution in [3.8, 4) is 11.5 Å². The van der Waals surface area contributed by atoms with Crippen LogP contribution in [0.15, 0.2) is 53.4 Å². The molecule has 0 radical (unpaired) electrons. The highest BCUT2D eigenvalue weighted by atomic mass is 32.2. The van der Waals surface area contributed by atoms with Gasteiger partial charge < -0.3 is 9.47 Å². The number of thioether (sulfide) groups is 1. The van der Waals surface area contributed by atoms with E-state index in [2.05, 4.69) is 0 Å². The van der Waals surface area contributed by atoms with E-state index in [-0.39, 0.29) is 17.9 Å². The highest BCUT2D eigenvalue weighted by molar-refractivity contribution is 8.19. The van der Waals surface area contributed by atoms with Crippen molar-refractivity contribution in [3.63, 3.8) is 0 Å². The fourth-order valence-electron chi connectivity index (χ4n) is 2.45. The Bertz CT molecular complexity index is 833. The number of nitrogens with zero attached hydrogens (tertiary/aromatic N) is 1. The van der Waals surface area contributed by atoms with Gasteiger partial charge in [-0.05, 0) is 35.5 Å². The van der Waals surface area contributed by atoms with Crippen LogP contribution in [0.4, 0.5) is 5.69 Å². The Morgan fingerprint density at radius 1 is 1.09 bits per heavy atom. The molecule has 23 heavy (non-hydrogen) atoms. The van der Waals surface area contributed by atoms with E-state index in [0.717, 1.165) is 17.3 Å². The van der Waals surface area contributed by atoms with Crippen molar-refractivity contribution in [1.29, 1.82) is 5.41 Å². The second-order valence-electron chi connectivity index (χ2n) is 5.00. The first-order chi connectivity index (χ1) is 11.2. The Morgan fingerprint density at radius 3 is 2.70 bits per heavy atom. The molecule has 6 heteroatoms. The normalized spacial score (nSPS) is 18.1. The second-order valence-corrected chi connectivity index (χ2v) is 6.04. The van der Waals surface area contributed by atoms with Crippen LogP contribution in [0.3, 0.4) is 0 Å². The first kappa shape index (κ1) is 13.9. The maximum atomic E-state index is 12.6. The molecule has 2 aliphatic rings. The third-order valence-electron chi connectivity index (χ3n) is 3.54. The Balaban J connectivity index is 1.67. The number of nitrogens with one attached hydrogen (secondary N) is 1. The summed E-state index contributed by atoms with van der Waals surface area (Å²) in [6, 6.07) is 14.8. The standard InChI is InChI=1S/C17H12N2O3S/c18-17-19(12-6-7-13-14(9-12)22-10-21-13)16(20)15(23-17)8-11-4-2-1-3-5-11/h1-9,18H,10H2. The van der Waals surface area contributed by atoms with E-state index in [4.69, 9.17) is 14.9 Å². The number of amides is 1. The number of carbonyl (C=O) groups excluding carboxylic acids is 1. The van der Waals surface area contributed by atoms with Crippen molar-refractivity contribution in [2.45, 2.75) is 0 Å². The molecule has 0 atom stereocenters. The van der Waals surface area contributed by atoms with Crippen molar-refractivity contribution in [2.75, 3.05) is 11.7 Å². The van der Waals surface area contributed by atoms with Gasteiger partial charge in [-0.3, -0.25) is 15.1 Å². The smallest absolute Gasteiger partial charge is 0.271 e. The Hall–Kier alpha value is -2.73. The van der Waals surface area contributed by atoms with Crippen LogP contribution < -0.4 is 14.4 Å². The number of hydrogen-bond acceptors (Lipinski definition) is 5. The lowest BCUT2D eigenvalue weighted by atomic mass is 10.2. The van der Waals surface area contributed by atoms with Crippen LogP contribution in [0, 0.1) is 5.41 Å². The molecular weight excluding hydrogens is 312 g/mol. The van der Waals surface area contributed by atoms with Crippen LogP contribution in [-0.4, -0.2) is 17.9 Å². The Kier molecular flexibility index (Phi) is 3.31. The molecule has 1 amide bonds. The van der Waals surface area contributed by atoms with Crippen LogP contribution in [0.5, 0.6) is 11.5 Å². The van der Waals surface area contributed by atoms with Gasteiger partial charge in [-0.1, -0.05) is 30.3 Å². The predicted octanol–water partition coefficient (Wildman–Crippen LogP) is 3.47. The lowest BCUT2D eigenvalue weighted by molar-refractivity contribution is -0.113. The van der Waals surface area contributed by atoms with E-state index in [1.165, 1.54) is 4.90 Å². The summed E-state index contributed by atoms with van der Waals surface area (Å²) < 4.78 is 10.6. The lowest BCUT2D eigenvalue weighted by Crippen LogP contribution is -2.28. The minimum Gasteiger partial charge on any atom is -0.454 e. The average molecular weight is 324 g/mol. The van der Waals surface area contributed by atoms with Gasteiger partial charge in [0, 0.05) is 6.07 Å². The van der Waals surface area contributed by atoms with Crippen LogP contribution >= 0.6 is 11.8 Å². The van der Waals surface area contributed by atoms with E-state index in [9.17, 15) is 4.79 Å². The minimum absolute atomic E-state index is 0.177. The van der Waals surface area contributed by atoms with Gasteiger partial charge in [0.25, 0.3) is 5.91 Å². The molecule has 1 N–H and O–H groups in total. The number of ether oxygens (including phenoxy) is 2. The van der Waals surface area contributed by atoms with Crippen LogP contribution in [0.1, 0.15) is 5.56 Å². The third-order valence-corrected chi connectivity index (χ3v) is 4.42. The number of anilines is 1. The summed E-state index contributed by atoms with van der Waals surface area (Å²) in [5, 5.41) is 8.30. The highest BCUT2D eigenvalue weighted by Gasteiger charge is 2.34. The molecule has 2 heterocycles. The first-order valence-corrected chi connectivity index (χ1v) is 7.81. The average Bonchev–Trinajstić information content (AvgIpc) is 3.13. The molecule has 4 rings (SSSR count). The van der Waals surface area contributed by atoms with Crippen LogP contribution in [-0.2, 0) is 4.79 Å². The minimum atomic E-state index is -0.206. The quantitative estimate of drug-likeness (QED) is 0.859. The van der Waals surface area contributed by atoms with E-state index >= 15 is 0 Å². The Morgan fingerprint density at radius 2 is 1.87 bits per heavy atom. The van der Waals surface area contributed by atoms with Crippen molar-refractivity contribution in [3.05, 3.63) is 59.0 Å². The molecule has 0 bridgehead atoms. The van der Waals surface area contributed by atoms with E-state index in [1.807, 2.05) is 30.3 Å². The number of hydrogen-bond donors (Lipinski definition) is 1. The number of fused-ring (bicyclic) bond motifs is 1. The van der Waals surface area contributed by atoms with Crippen molar-refractivity contribution in [1.82, 2.24) is 0 Å². The Labute approximate surface area is 137 Å². The predicted molar refractivity (Wildman–Crippen MR) is 89.8 cm³/mol. The maximum Gasteiger partial charge on any atom is 0.271 e. The molecule has 0 spiro atoms. The number of amidine groups is 1. The molecule has 1 fully saturated rings. The van der Waals surface area contributed by atoms with E-state index in [0.29, 0.717) is 22.1 Å². The monoisotopic (exact) mass is 324 g/mol. The summed E-state index contributed by atoms with van der Waals surface area (Å²) in [4.78, 5) is 14.5. The fraction of sp³-hybridized carbons (Fsp3) is 0.0588. The fourth-order valence-corrected chi connectivity index (χ4v) is 3.31. The molecule has 0 aromatic heterocycles. The third kappa shape index (κ3) is 2.47. The van der Waals surface area contributed by atoms with Crippen molar-refractivity contribution >= 4 is 34.6 Å². The van der Waals surface area contributed by atoms with Gasteiger partial charge in [0.05, 0.1) is 10.6 Å². The van der Waals surface area contributed by atoms with E-state index in [1.54, 1.807) is 24.3 Å². The van der Waals surface area contributed by atoms with Gasteiger partial charge in [0.2, 0.25) is 6.79 Å². The molecule has 2 aromatic carbocycles. The largest absolute Gasteiger partial charge is 0.454 e. The SMILES string of the molecule is N=C1SC(=Cc2ccccc2)C(=O)N1c1ccc2c(c1)OCO2. The summed E-state index contributed by atoms with van der Waals surface area (Å²) in [6.45, 7) is 0.179. The van der Waals surface area contributed by atoms with E-state index < -0.39 is 0 Å². The van der Waals surface area contributed by atoms with Crippen molar-refractivity contribution in [2.24, 2.45) is 0 Å². The number of benzene rings is 2. The zero-order chi connectivity index (χ0) is 15.8. The maximum absolute atomic E-state index is 12.6. The molecule has 2 aliphatic heterocycles. The lowest BCUT2D eigenvalue weighted by Gasteiger charge is -2.14. The zero-order valence-corrected chi connectivity index (χ0v) is 12.8. The summed E-state index contributed by atoms with van der Waals surface area (Å²) in [5.74, 6) is 1.04. The number of carbonyl (C=O) groups is 1. The summed E-state index contributed by atoms with van der Waals surface area (Å²) in [6.07, 6.45) is 1.80. The van der Waals surface area contributed by atoms with Gasteiger partial charge in [-0.2, -0.15) is 0 Å². The first-order valence-electron chi connectivity index (χ1n) is 6.99. The molecule has 0 saturated carbocycles. The molecule has 5 nitrogen and oxygen atoms in total. The highest BCUT2D eigenvalue weighted by Crippen LogP contribution is 2.40.